The Bertz CT molecular complexity index is 1290. The highest BCUT2D eigenvalue weighted by Crippen LogP contribution is 2.25. The Morgan fingerprint density at radius 2 is 1.18 bits per heavy atom. The van der Waals surface area contributed by atoms with Crippen molar-refractivity contribution in [3.8, 4) is 0 Å². The molecule has 4 rings (SSSR count). The predicted molar refractivity (Wildman–Crippen MR) is 164 cm³/mol. The molecule has 40 heavy (non-hydrogen) atoms. The van der Waals surface area contributed by atoms with Gasteiger partial charge >= 0.3 is 0 Å². The predicted octanol–water partition coefficient (Wildman–Crippen LogP) is 8.38. The average molecular weight is 600 g/mol. The van der Waals surface area contributed by atoms with E-state index < -0.39 is 18.3 Å². The first-order valence-corrected chi connectivity index (χ1v) is 14.1. The number of halogens is 1. The van der Waals surface area contributed by atoms with Gasteiger partial charge < -0.3 is 18.9 Å². The molecule has 0 fully saturated rings. The molecule has 0 spiro atoms. The van der Waals surface area contributed by atoms with Crippen LogP contribution in [0.2, 0.25) is 0 Å². The minimum atomic E-state index is -0.526. The molecule has 0 amide bonds. The number of benzene rings is 4. The largest absolute Gasteiger partial charge is 0.485 e. The summed E-state index contributed by atoms with van der Waals surface area (Å²) in [6, 6.07) is 38.0. The van der Waals surface area contributed by atoms with Gasteiger partial charge in [-0.1, -0.05) is 132 Å². The molecule has 4 aromatic rings. The van der Waals surface area contributed by atoms with Crippen LogP contribution < -0.4 is 0 Å². The third-order valence-corrected chi connectivity index (χ3v) is 6.88. The summed E-state index contributed by atoms with van der Waals surface area (Å²) < 4.78 is 26.6. The van der Waals surface area contributed by atoms with Gasteiger partial charge in [-0.15, -0.1) is 6.58 Å². The fraction of sp³-hybridized carbons (Fsp3) is 0.200. The van der Waals surface area contributed by atoms with Gasteiger partial charge in [0.2, 0.25) is 0 Å². The van der Waals surface area contributed by atoms with E-state index in [-0.39, 0.29) is 6.61 Å². The minimum Gasteiger partial charge on any atom is -0.485 e. The minimum absolute atomic E-state index is 0.267. The van der Waals surface area contributed by atoms with Gasteiger partial charge in [-0.05, 0) is 28.8 Å². The fourth-order valence-electron chi connectivity index (χ4n) is 4.19. The zero-order chi connectivity index (χ0) is 28.0. The first-order valence-electron chi connectivity index (χ1n) is 13.3. The first-order chi connectivity index (χ1) is 19.6. The van der Waals surface area contributed by atoms with Crippen LogP contribution in [0.4, 0.5) is 0 Å². The van der Waals surface area contributed by atoms with Crippen molar-refractivity contribution < 1.29 is 18.9 Å². The van der Waals surface area contributed by atoms with E-state index in [1.165, 1.54) is 0 Å². The lowest BCUT2D eigenvalue weighted by atomic mass is 10.1. The molecule has 0 aliphatic heterocycles. The maximum Gasteiger partial charge on any atom is 0.151 e. The van der Waals surface area contributed by atoms with Crippen LogP contribution in [-0.2, 0) is 38.8 Å². The molecular formula is C35H35BrO4. The summed E-state index contributed by atoms with van der Waals surface area (Å²) in [6.45, 7) is 9.81. The van der Waals surface area contributed by atoms with E-state index in [2.05, 4.69) is 29.1 Å². The molecule has 3 atom stereocenters. The number of hydrogen-bond donors (Lipinski definition) is 0. The van der Waals surface area contributed by atoms with Gasteiger partial charge in [-0.2, -0.15) is 0 Å². The van der Waals surface area contributed by atoms with Crippen LogP contribution in [0, 0.1) is 0 Å². The van der Waals surface area contributed by atoms with E-state index in [1.54, 1.807) is 6.08 Å². The molecular weight excluding hydrogens is 564 g/mol. The van der Waals surface area contributed by atoms with Gasteiger partial charge in [-0.25, -0.2) is 0 Å². The zero-order valence-electron chi connectivity index (χ0n) is 22.5. The van der Waals surface area contributed by atoms with E-state index in [1.807, 2.05) is 115 Å². The quantitative estimate of drug-likeness (QED) is 0.0958. The Labute approximate surface area is 246 Å². The number of hydrogen-bond acceptors (Lipinski definition) is 4. The van der Waals surface area contributed by atoms with Crippen LogP contribution in [0.15, 0.2) is 139 Å². The normalized spacial score (nSPS) is 13.2. The molecule has 0 unspecified atom stereocenters. The molecule has 0 saturated carbocycles. The van der Waals surface area contributed by atoms with Crippen LogP contribution in [0.3, 0.4) is 0 Å². The first kappa shape index (κ1) is 29.5. The van der Waals surface area contributed by atoms with Gasteiger partial charge in [0, 0.05) is 10.0 Å². The van der Waals surface area contributed by atoms with Crippen LogP contribution in [-0.4, -0.2) is 24.9 Å². The summed E-state index contributed by atoms with van der Waals surface area (Å²) in [5.41, 5.74) is 4.07. The average Bonchev–Trinajstić information content (AvgIpc) is 3.00. The summed E-state index contributed by atoms with van der Waals surface area (Å²) in [6.07, 6.45) is 0.257. The summed E-state index contributed by atoms with van der Waals surface area (Å²) in [5.74, 6) is 0.528. The molecule has 0 radical (unpaired) electrons. The van der Waals surface area contributed by atoms with Gasteiger partial charge in [0.15, 0.2) is 6.10 Å². The summed E-state index contributed by atoms with van der Waals surface area (Å²) in [7, 11) is 0. The molecule has 0 N–H and O–H groups in total. The Morgan fingerprint density at radius 1 is 0.675 bits per heavy atom. The molecule has 5 heteroatoms. The smallest absolute Gasteiger partial charge is 0.151 e. The molecule has 0 heterocycles. The highest BCUT2D eigenvalue weighted by Gasteiger charge is 2.32. The topological polar surface area (TPSA) is 36.9 Å². The highest BCUT2D eigenvalue weighted by atomic mass is 79.9. The molecule has 0 aromatic heterocycles. The van der Waals surface area contributed by atoms with E-state index in [0.717, 1.165) is 26.7 Å². The lowest BCUT2D eigenvalue weighted by Crippen LogP contribution is -2.44. The van der Waals surface area contributed by atoms with Crippen molar-refractivity contribution in [1.29, 1.82) is 0 Å². The summed E-state index contributed by atoms with van der Waals surface area (Å²) in [4.78, 5) is 0. The number of rotatable bonds is 16. The van der Waals surface area contributed by atoms with Crippen molar-refractivity contribution in [2.45, 2.75) is 38.1 Å². The lowest BCUT2D eigenvalue weighted by molar-refractivity contribution is -0.132. The second kappa shape index (κ2) is 15.9. The Kier molecular flexibility index (Phi) is 11.8. The molecule has 0 bridgehead atoms. The monoisotopic (exact) mass is 598 g/mol. The van der Waals surface area contributed by atoms with Crippen molar-refractivity contribution >= 4 is 21.7 Å². The van der Waals surface area contributed by atoms with Crippen LogP contribution in [0.25, 0.3) is 5.76 Å². The molecule has 4 aromatic carbocycles. The van der Waals surface area contributed by atoms with Crippen molar-refractivity contribution in [3.05, 3.63) is 161 Å². The van der Waals surface area contributed by atoms with Crippen LogP contribution >= 0.6 is 15.9 Å². The summed E-state index contributed by atoms with van der Waals surface area (Å²) >= 11 is 3.49. The van der Waals surface area contributed by atoms with Crippen molar-refractivity contribution in [1.82, 2.24) is 0 Å². The van der Waals surface area contributed by atoms with E-state index in [4.69, 9.17) is 18.9 Å². The van der Waals surface area contributed by atoms with E-state index >= 15 is 0 Å². The third-order valence-electron chi connectivity index (χ3n) is 6.35. The van der Waals surface area contributed by atoms with E-state index in [9.17, 15) is 0 Å². The SMILES string of the molecule is C=C[C@@H](OCc1ccccc1)[C@H](OCc1ccccc1)[C@@H](COCc1ccccc1)OC(=C)c1ccc(Br)cc1. The third kappa shape index (κ3) is 9.32. The summed E-state index contributed by atoms with van der Waals surface area (Å²) in [5, 5.41) is 0. The maximum absolute atomic E-state index is 6.54. The lowest BCUT2D eigenvalue weighted by Gasteiger charge is -2.33. The standard InChI is InChI=1S/C35H35BrO4/c1-3-33(38-24-29-15-9-5-10-16-29)35(39-25-30-17-11-6-12-18-30)34(26-37-23-28-13-7-4-8-14-28)40-27(2)31-19-21-32(36)22-20-31/h3-22,33-35H,1-2,23-26H2/t33-,34-,35+/m1/s1. The fourth-order valence-corrected chi connectivity index (χ4v) is 4.46. The van der Waals surface area contributed by atoms with E-state index in [0.29, 0.717) is 25.6 Å². The second-order valence-corrected chi connectivity index (χ2v) is 10.3. The Morgan fingerprint density at radius 3 is 1.70 bits per heavy atom. The van der Waals surface area contributed by atoms with Gasteiger partial charge in [-0.3, -0.25) is 0 Å². The van der Waals surface area contributed by atoms with Gasteiger partial charge in [0.25, 0.3) is 0 Å². The van der Waals surface area contributed by atoms with Gasteiger partial charge in [0.05, 0.1) is 26.4 Å². The maximum atomic E-state index is 6.54. The van der Waals surface area contributed by atoms with Crippen molar-refractivity contribution in [3.63, 3.8) is 0 Å². The second-order valence-electron chi connectivity index (χ2n) is 9.35. The van der Waals surface area contributed by atoms with Crippen molar-refractivity contribution in [2.75, 3.05) is 6.61 Å². The van der Waals surface area contributed by atoms with Gasteiger partial charge in [0.1, 0.15) is 18.0 Å². The molecule has 0 saturated heterocycles. The Balaban J connectivity index is 1.57. The molecule has 206 valence electrons. The Hall–Kier alpha value is -3.48. The van der Waals surface area contributed by atoms with Crippen molar-refractivity contribution in [2.24, 2.45) is 0 Å². The van der Waals surface area contributed by atoms with Crippen LogP contribution in [0.5, 0.6) is 0 Å². The van der Waals surface area contributed by atoms with Crippen LogP contribution in [0.1, 0.15) is 22.3 Å². The molecule has 4 nitrogen and oxygen atoms in total. The molecule has 0 aliphatic rings. The zero-order valence-corrected chi connectivity index (χ0v) is 24.1. The molecule has 0 aliphatic carbocycles. The number of ether oxygens (including phenoxy) is 4. The highest BCUT2D eigenvalue weighted by molar-refractivity contribution is 9.10.